The normalized spacial score (nSPS) is 10.2. The van der Waals surface area contributed by atoms with Crippen LogP contribution in [0.25, 0.3) is 0 Å². The summed E-state index contributed by atoms with van der Waals surface area (Å²) in [5.74, 6) is -2.44. The molecule has 0 atom stereocenters. The highest BCUT2D eigenvalue weighted by molar-refractivity contribution is 5.48. The van der Waals surface area contributed by atoms with E-state index in [0.29, 0.717) is 0 Å². The molecule has 0 aromatic heterocycles. The predicted molar refractivity (Wildman–Crippen MR) is 48.1 cm³/mol. The molecule has 1 rings (SSSR count). The quantitative estimate of drug-likeness (QED) is 0.753. The van der Waals surface area contributed by atoms with Crippen molar-refractivity contribution < 1.29 is 23.5 Å². The van der Waals surface area contributed by atoms with Crippen LogP contribution in [0, 0.1) is 11.6 Å². The van der Waals surface area contributed by atoms with Crippen LogP contribution in [-0.2, 0) is 6.54 Å². The lowest BCUT2D eigenvalue weighted by Crippen LogP contribution is -2.09. The van der Waals surface area contributed by atoms with E-state index in [1.807, 2.05) is 5.48 Å². The van der Waals surface area contributed by atoms with E-state index in [1.165, 1.54) is 14.2 Å². The molecular formula is C9H11F2NO3. The van der Waals surface area contributed by atoms with Crippen LogP contribution in [0.2, 0.25) is 0 Å². The van der Waals surface area contributed by atoms with Crippen LogP contribution in [0.1, 0.15) is 5.56 Å². The molecule has 1 aromatic rings. The van der Waals surface area contributed by atoms with E-state index in [2.05, 4.69) is 4.74 Å². The minimum Gasteiger partial charge on any atom is -0.492 e. The third-order valence-corrected chi connectivity index (χ3v) is 1.89. The Hall–Kier alpha value is -1.40. The monoisotopic (exact) mass is 219 g/mol. The maximum absolute atomic E-state index is 13.2. The summed E-state index contributed by atoms with van der Waals surface area (Å²) in [6.45, 7) is -0.0727. The molecule has 0 aliphatic rings. The first kappa shape index (κ1) is 11.7. The predicted octanol–water partition coefficient (Wildman–Crippen LogP) is 1.46. The van der Waals surface area contributed by atoms with E-state index in [1.54, 1.807) is 0 Å². The molecule has 0 aliphatic carbocycles. The molecule has 0 bridgehead atoms. The van der Waals surface area contributed by atoms with Crippen molar-refractivity contribution in [2.24, 2.45) is 0 Å². The average Bonchev–Trinajstić information content (AvgIpc) is 2.23. The molecule has 0 unspecified atom stereocenters. The summed E-state index contributed by atoms with van der Waals surface area (Å²) >= 11 is 0. The highest BCUT2D eigenvalue weighted by atomic mass is 19.2. The molecule has 0 heterocycles. The second-order valence-electron chi connectivity index (χ2n) is 2.73. The number of nitrogens with one attached hydrogen (secondary N) is 1. The van der Waals surface area contributed by atoms with Crippen LogP contribution in [0.15, 0.2) is 6.07 Å². The number of halogens is 2. The van der Waals surface area contributed by atoms with Crippen LogP contribution in [0.5, 0.6) is 11.5 Å². The maximum atomic E-state index is 13.2. The lowest BCUT2D eigenvalue weighted by Gasteiger charge is -2.13. The summed E-state index contributed by atoms with van der Waals surface area (Å²) in [6.07, 6.45) is 0. The first-order valence-corrected chi connectivity index (χ1v) is 4.11. The van der Waals surface area contributed by atoms with Crippen LogP contribution in [0.4, 0.5) is 8.78 Å². The molecular weight excluding hydrogens is 208 g/mol. The number of hydroxylamine groups is 1. The number of methoxy groups -OCH3 is 2. The summed E-state index contributed by atoms with van der Waals surface area (Å²) in [7, 11) is 2.51. The largest absolute Gasteiger partial charge is 0.492 e. The van der Waals surface area contributed by atoms with Gasteiger partial charge in [-0.2, -0.15) is 4.39 Å². The first-order chi connectivity index (χ1) is 7.15. The van der Waals surface area contributed by atoms with Gasteiger partial charge in [0.2, 0.25) is 5.82 Å². The highest BCUT2D eigenvalue weighted by Gasteiger charge is 2.19. The molecule has 15 heavy (non-hydrogen) atoms. The van der Waals surface area contributed by atoms with Gasteiger partial charge in [0.25, 0.3) is 0 Å². The van der Waals surface area contributed by atoms with Gasteiger partial charge >= 0.3 is 0 Å². The van der Waals surface area contributed by atoms with Crippen LogP contribution >= 0.6 is 0 Å². The molecule has 0 radical (unpaired) electrons. The van der Waals surface area contributed by atoms with Crippen molar-refractivity contribution >= 4 is 0 Å². The Morgan fingerprint density at radius 3 is 2.33 bits per heavy atom. The van der Waals surface area contributed by atoms with E-state index in [-0.39, 0.29) is 23.6 Å². The minimum absolute atomic E-state index is 0.0537. The van der Waals surface area contributed by atoms with Gasteiger partial charge in [-0.05, 0) is 6.07 Å². The standard InChI is InChI=1S/C9H11F2NO3/c1-14-8-5(4-12-13)3-6(10)7(11)9(8)15-2/h3,12-13H,4H2,1-2H3. The Labute approximate surface area is 85.4 Å². The van der Waals surface area contributed by atoms with Gasteiger partial charge < -0.3 is 14.7 Å². The molecule has 0 fully saturated rings. The van der Waals surface area contributed by atoms with E-state index >= 15 is 0 Å². The van der Waals surface area contributed by atoms with Gasteiger partial charge in [-0.25, -0.2) is 9.87 Å². The van der Waals surface area contributed by atoms with Crippen molar-refractivity contribution in [3.8, 4) is 11.5 Å². The number of hydrogen-bond donors (Lipinski definition) is 2. The second kappa shape index (κ2) is 4.90. The minimum atomic E-state index is -1.11. The van der Waals surface area contributed by atoms with Crippen LogP contribution < -0.4 is 15.0 Å². The summed E-state index contributed by atoms with van der Waals surface area (Å²) in [6, 6.07) is 0.930. The zero-order valence-electron chi connectivity index (χ0n) is 8.30. The topological polar surface area (TPSA) is 50.7 Å². The van der Waals surface area contributed by atoms with Crippen molar-refractivity contribution in [2.45, 2.75) is 6.54 Å². The summed E-state index contributed by atoms with van der Waals surface area (Å²) in [4.78, 5) is 0. The Kier molecular flexibility index (Phi) is 3.81. The second-order valence-corrected chi connectivity index (χ2v) is 2.73. The average molecular weight is 219 g/mol. The molecule has 0 spiro atoms. The lowest BCUT2D eigenvalue weighted by molar-refractivity contribution is 0.159. The fraction of sp³-hybridized carbons (Fsp3) is 0.333. The summed E-state index contributed by atoms with van der Waals surface area (Å²) in [5, 5.41) is 8.50. The molecule has 0 amide bonds. The number of hydrogen-bond acceptors (Lipinski definition) is 4. The van der Waals surface area contributed by atoms with Crippen LogP contribution in [-0.4, -0.2) is 19.4 Å². The SMILES string of the molecule is COc1c(CNO)cc(F)c(F)c1OC. The third-order valence-electron chi connectivity index (χ3n) is 1.89. The van der Waals surface area contributed by atoms with Gasteiger partial charge in [-0.15, -0.1) is 0 Å². The fourth-order valence-corrected chi connectivity index (χ4v) is 1.26. The molecule has 2 N–H and O–H groups in total. The third kappa shape index (κ3) is 2.16. The first-order valence-electron chi connectivity index (χ1n) is 4.11. The smallest absolute Gasteiger partial charge is 0.204 e. The van der Waals surface area contributed by atoms with Crippen molar-refractivity contribution in [1.29, 1.82) is 0 Å². The maximum Gasteiger partial charge on any atom is 0.204 e. The fourth-order valence-electron chi connectivity index (χ4n) is 1.26. The van der Waals surface area contributed by atoms with E-state index in [0.717, 1.165) is 6.07 Å². The Morgan fingerprint density at radius 1 is 1.27 bits per heavy atom. The molecule has 6 heteroatoms. The number of rotatable bonds is 4. The molecule has 1 aromatic carbocycles. The number of ether oxygens (including phenoxy) is 2. The van der Waals surface area contributed by atoms with Crippen molar-refractivity contribution in [2.75, 3.05) is 14.2 Å². The summed E-state index contributed by atoms with van der Waals surface area (Å²) in [5.41, 5.74) is 2.09. The lowest BCUT2D eigenvalue weighted by atomic mass is 10.1. The van der Waals surface area contributed by atoms with Gasteiger partial charge in [-0.1, -0.05) is 0 Å². The Balaban J connectivity index is 3.33. The zero-order chi connectivity index (χ0) is 11.4. The van der Waals surface area contributed by atoms with Crippen molar-refractivity contribution in [3.63, 3.8) is 0 Å². The van der Waals surface area contributed by atoms with E-state index < -0.39 is 11.6 Å². The van der Waals surface area contributed by atoms with E-state index in [4.69, 9.17) is 9.94 Å². The van der Waals surface area contributed by atoms with Crippen LogP contribution in [0.3, 0.4) is 0 Å². The van der Waals surface area contributed by atoms with Gasteiger partial charge in [-0.3, -0.25) is 0 Å². The Morgan fingerprint density at radius 2 is 1.87 bits per heavy atom. The molecule has 84 valence electrons. The zero-order valence-corrected chi connectivity index (χ0v) is 8.30. The van der Waals surface area contributed by atoms with Gasteiger partial charge in [0.15, 0.2) is 17.3 Å². The Bertz CT molecular complexity index is 358. The molecule has 4 nitrogen and oxygen atoms in total. The number of benzene rings is 1. The van der Waals surface area contributed by atoms with E-state index in [9.17, 15) is 8.78 Å². The van der Waals surface area contributed by atoms with Gasteiger partial charge in [0.05, 0.1) is 14.2 Å². The molecule has 0 aliphatic heterocycles. The van der Waals surface area contributed by atoms with Crippen molar-refractivity contribution in [1.82, 2.24) is 5.48 Å². The van der Waals surface area contributed by atoms with Crippen molar-refractivity contribution in [3.05, 3.63) is 23.3 Å². The molecule has 0 saturated carbocycles. The summed E-state index contributed by atoms with van der Waals surface area (Å²) < 4.78 is 35.8. The highest BCUT2D eigenvalue weighted by Crippen LogP contribution is 2.35. The molecule has 0 saturated heterocycles. The van der Waals surface area contributed by atoms with Gasteiger partial charge in [0.1, 0.15) is 0 Å². The van der Waals surface area contributed by atoms with Gasteiger partial charge in [0, 0.05) is 12.1 Å².